The molecule has 2 aromatic rings. The molecule has 0 bridgehead atoms. The van der Waals surface area contributed by atoms with Crippen molar-refractivity contribution in [2.45, 2.75) is 52.0 Å². The molecule has 3 heterocycles. The van der Waals surface area contributed by atoms with E-state index in [4.69, 9.17) is 0 Å². The summed E-state index contributed by atoms with van der Waals surface area (Å²) in [6.07, 6.45) is 7.98. The lowest BCUT2D eigenvalue weighted by atomic mass is 10.2. The fourth-order valence-electron chi connectivity index (χ4n) is 2.88. The highest BCUT2D eigenvalue weighted by atomic mass is 32.1. The quantitative estimate of drug-likeness (QED) is 0.834. The van der Waals surface area contributed by atoms with Gasteiger partial charge in [0.15, 0.2) is 0 Å². The van der Waals surface area contributed by atoms with E-state index in [2.05, 4.69) is 30.4 Å². The summed E-state index contributed by atoms with van der Waals surface area (Å²) >= 11 is 1.67. The zero-order valence-electron chi connectivity index (χ0n) is 14.0. The van der Waals surface area contributed by atoms with Crippen LogP contribution in [-0.4, -0.2) is 38.9 Å². The summed E-state index contributed by atoms with van der Waals surface area (Å²) in [4.78, 5) is 17.3. The van der Waals surface area contributed by atoms with Gasteiger partial charge < -0.3 is 15.2 Å². The number of aromatic nitrogens is 4. The third-order valence-electron chi connectivity index (χ3n) is 4.11. The second kappa shape index (κ2) is 8.23. The summed E-state index contributed by atoms with van der Waals surface area (Å²) in [7, 11) is 0. The number of amides is 2. The molecule has 0 unspecified atom stereocenters. The van der Waals surface area contributed by atoms with Crippen LogP contribution in [0.2, 0.25) is 0 Å². The molecule has 0 saturated carbocycles. The number of carbonyl (C=O) groups is 1. The second-order valence-corrected chi connectivity index (χ2v) is 7.36. The average molecular weight is 348 g/mol. The van der Waals surface area contributed by atoms with Crippen LogP contribution in [0.25, 0.3) is 0 Å². The summed E-state index contributed by atoms with van der Waals surface area (Å²) in [6, 6.07) is -0.140. The SMILES string of the molecule is Cc1cnc(CCNC(=O)NCCc2nnc3n2CCCCC3)s1. The Morgan fingerprint density at radius 2 is 2.04 bits per heavy atom. The van der Waals surface area contributed by atoms with E-state index >= 15 is 0 Å². The topological polar surface area (TPSA) is 84.7 Å². The van der Waals surface area contributed by atoms with E-state index in [9.17, 15) is 4.79 Å². The minimum absolute atomic E-state index is 0.140. The van der Waals surface area contributed by atoms with Crippen LogP contribution in [-0.2, 0) is 25.8 Å². The van der Waals surface area contributed by atoms with E-state index in [1.807, 2.05) is 13.1 Å². The summed E-state index contributed by atoms with van der Waals surface area (Å²) < 4.78 is 2.22. The highest BCUT2D eigenvalue weighted by Crippen LogP contribution is 2.14. The molecule has 0 radical (unpaired) electrons. The molecule has 0 spiro atoms. The van der Waals surface area contributed by atoms with Gasteiger partial charge in [-0.05, 0) is 19.8 Å². The number of fused-ring (bicyclic) bond motifs is 1. The Kier molecular flexibility index (Phi) is 5.79. The molecule has 24 heavy (non-hydrogen) atoms. The maximum atomic E-state index is 11.8. The van der Waals surface area contributed by atoms with Crippen LogP contribution < -0.4 is 10.6 Å². The Bertz CT molecular complexity index is 680. The Labute approximate surface area is 145 Å². The van der Waals surface area contributed by atoms with Crippen molar-refractivity contribution < 1.29 is 4.79 Å². The number of aryl methyl sites for hydroxylation is 2. The Morgan fingerprint density at radius 1 is 1.21 bits per heavy atom. The van der Waals surface area contributed by atoms with Gasteiger partial charge in [-0.3, -0.25) is 0 Å². The highest BCUT2D eigenvalue weighted by Gasteiger charge is 2.14. The maximum Gasteiger partial charge on any atom is 0.314 e. The van der Waals surface area contributed by atoms with Gasteiger partial charge in [-0.1, -0.05) is 6.42 Å². The fourth-order valence-corrected chi connectivity index (χ4v) is 3.67. The van der Waals surface area contributed by atoms with Crippen molar-refractivity contribution in [3.63, 3.8) is 0 Å². The van der Waals surface area contributed by atoms with Crippen LogP contribution >= 0.6 is 11.3 Å². The largest absolute Gasteiger partial charge is 0.338 e. The van der Waals surface area contributed by atoms with Gasteiger partial charge in [0.1, 0.15) is 11.6 Å². The van der Waals surface area contributed by atoms with Gasteiger partial charge >= 0.3 is 6.03 Å². The van der Waals surface area contributed by atoms with Crippen molar-refractivity contribution in [3.05, 3.63) is 27.7 Å². The monoisotopic (exact) mass is 348 g/mol. The molecule has 130 valence electrons. The number of hydrogen-bond donors (Lipinski definition) is 2. The zero-order chi connectivity index (χ0) is 16.8. The molecule has 0 aliphatic carbocycles. The number of hydrogen-bond acceptors (Lipinski definition) is 5. The van der Waals surface area contributed by atoms with E-state index in [0.717, 1.165) is 36.0 Å². The molecule has 0 saturated heterocycles. The molecule has 3 rings (SSSR count). The van der Waals surface area contributed by atoms with Crippen LogP contribution in [0.5, 0.6) is 0 Å². The van der Waals surface area contributed by atoms with Crippen LogP contribution in [0, 0.1) is 6.92 Å². The van der Waals surface area contributed by atoms with Crippen LogP contribution in [0.4, 0.5) is 4.79 Å². The van der Waals surface area contributed by atoms with Crippen molar-refractivity contribution in [3.8, 4) is 0 Å². The van der Waals surface area contributed by atoms with Crippen molar-refractivity contribution in [1.82, 2.24) is 30.4 Å². The Hall–Kier alpha value is -1.96. The first-order valence-electron chi connectivity index (χ1n) is 8.56. The van der Waals surface area contributed by atoms with Gasteiger partial charge in [0.05, 0.1) is 5.01 Å². The number of thiazole rings is 1. The number of nitrogens with one attached hydrogen (secondary N) is 2. The number of rotatable bonds is 6. The molecule has 0 aromatic carbocycles. The van der Waals surface area contributed by atoms with Gasteiger partial charge in [-0.2, -0.15) is 0 Å². The van der Waals surface area contributed by atoms with E-state index in [1.54, 1.807) is 11.3 Å². The molecule has 2 aromatic heterocycles. The molecule has 1 aliphatic heterocycles. The minimum Gasteiger partial charge on any atom is -0.338 e. The summed E-state index contributed by atoms with van der Waals surface area (Å²) in [6.45, 7) is 4.20. The fraction of sp³-hybridized carbons (Fsp3) is 0.625. The molecule has 0 atom stereocenters. The lowest BCUT2D eigenvalue weighted by molar-refractivity contribution is 0.241. The molecule has 0 fully saturated rings. The van der Waals surface area contributed by atoms with Gasteiger partial charge in [0, 0.05) is 50.0 Å². The van der Waals surface area contributed by atoms with E-state index in [-0.39, 0.29) is 6.03 Å². The van der Waals surface area contributed by atoms with E-state index < -0.39 is 0 Å². The molecule has 8 heteroatoms. The number of urea groups is 1. The molecule has 7 nitrogen and oxygen atoms in total. The minimum atomic E-state index is -0.140. The van der Waals surface area contributed by atoms with Crippen LogP contribution in [0.1, 0.15) is 40.8 Å². The Balaban J connectivity index is 1.37. The first kappa shape index (κ1) is 16.9. The second-order valence-electron chi connectivity index (χ2n) is 6.04. The summed E-state index contributed by atoms with van der Waals surface area (Å²) in [5.41, 5.74) is 0. The normalized spacial score (nSPS) is 14.0. The average Bonchev–Trinajstić information content (AvgIpc) is 3.06. The molecular formula is C16H24N6OS. The third kappa shape index (κ3) is 4.53. The van der Waals surface area contributed by atoms with E-state index in [0.29, 0.717) is 19.5 Å². The van der Waals surface area contributed by atoms with Gasteiger partial charge in [0.25, 0.3) is 0 Å². The standard InChI is InChI=1S/C16H24N6OS/c1-12-11-19-15(24-12)7-9-18-16(23)17-8-6-14-21-20-13-5-3-2-4-10-22(13)14/h11H,2-10H2,1H3,(H2,17,18,23). The first-order chi connectivity index (χ1) is 11.7. The number of nitrogens with zero attached hydrogens (tertiary/aromatic N) is 4. The van der Waals surface area contributed by atoms with Crippen molar-refractivity contribution >= 4 is 17.4 Å². The lowest BCUT2D eigenvalue weighted by Crippen LogP contribution is -2.37. The van der Waals surface area contributed by atoms with Crippen LogP contribution in [0.15, 0.2) is 6.20 Å². The maximum absolute atomic E-state index is 11.8. The Morgan fingerprint density at radius 3 is 2.83 bits per heavy atom. The van der Waals surface area contributed by atoms with Crippen molar-refractivity contribution in [1.29, 1.82) is 0 Å². The molecular weight excluding hydrogens is 324 g/mol. The zero-order valence-corrected chi connectivity index (χ0v) is 14.9. The first-order valence-corrected chi connectivity index (χ1v) is 9.38. The van der Waals surface area contributed by atoms with Crippen LogP contribution in [0.3, 0.4) is 0 Å². The summed E-state index contributed by atoms with van der Waals surface area (Å²) in [5, 5.41) is 15.4. The van der Waals surface area contributed by atoms with Gasteiger partial charge in [0.2, 0.25) is 0 Å². The smallest absolute Gasteiger partial charge is 0.314 e. The predicted molar refractivity (Wildman–Crippen MR) is 93.2 cm³/mol. The van der Waals surface area contributed by atoms with Gasteiger partial charge in [-0.25, -0.2) is 9.78 Å². The highest BCUT2D eigenvalue weighted by molar-refractivity contribution is 7.11. The third-order valence-corrected chi connectivity index (χ3v) is 5.09. The van der Waals surface area contributed by atoms with Crippen molar-refractivity contribution in [2.24, 2.45) is 0 Å². The summed E-state index contributed by atoms with van der Waals surface area (Å²) in [5.74, 6) is 2.07. The molecule has 2 amide bonds. The van der Waals surface area contributed by atoms with E-state index in [1.165, 1.54) is 24.1 Å². The predicted octanol–water partition coefficient (Wildman–Crippen LogP) is 1.85. The molecule has 2 N–H and O–H groups in total. The lowest BCUT2D eigenvalue weighted by Gasteiger charge is -2.08. The molecule has 1 aliphatic rings. The van der Waals surface area contributed by atoms with Gasteiger partial charge in [-0.15, -0.1) is 21.5 Å². The number of carbonyl (C=O) groups excluding carboxylic acids is 1. The van der Waals surface area contributed by atoms with Crippen molar-refractivity contribution in [2.75, 3.05) is 13.1 Å².